The molecule has 0 bridgehead atoms. The molecule has 25 heavy (non-hydrogen) atoms. The summed E-state index contributed by atoms with van der Waals surface area (Å²) in [7, 11) is -1.64. The molecular formula is C17H21NO6S. The van der Waals surface area contributed by atoms with Crippen molar-refractivity contribution in [3.05, 3.63) is 23.8 Å². The summed E-state index contributed by atoms with van der Waals surface area (Å²) in [5.41, 5.74) is 0.422. The molecule has 0 unspecified atom stereocenters. The molecule has 0 radical (unpaired) electrons. The topological polar surface area (TPSA) is 82.1 Å². The number of benzene rings is 1. The smallest absolute Gasteiger partial charge is 0.257 e. The van der Waals surface area contributed by atoms with Crippen molar-refractivity contribution in [3.63, 3.8) is 0 Å². The van der Waals surface area contributed by atoms with E-state index in [0.717, 1.165) is 0 Å². The predicted molar refractivity (Wildman–Crippen MR) is 89.8 cm³/mol. The van der Waals surface area contributed by atoms with Gasteiger partial charge in [-0.05, 0) is 18.6 Å². The van der Waals surface area contributed by atoms with Crippen molar-refractivity contribution in [2.75, 3.05) is 45.8 Å². The predicted octanol–water partition coefficient (Wildman–Crippen LogP) is 0.734. The Labute approximate surface area is 146 Å². The fourth-order valence-electron chi connectivity index (χ4n) is 4.06. The molecule has 1 aromatic carbocycles. The van der Waals surface area contributed by atoms with Crippen molar-refractivity contribution < 1.29 is 27.4 Å². The third-order valence-electron chi connectivity index (χ3n) is 5.47. The van der Waals surface area contributed by atoms with Crippen LogP contribution in [0.15, 0.2) is 18.2 Å². The number of para-hydroxylation sites is 1. The molecule has 2 fully saturated rings. The number of likely N-dealkylation sites (tertiary alicyclic amines) is 1. The lowest BCUT2D eigenvalue weighted by atomic mass is 9.83. The lowest BCUT2D eigenvalue weighted by Gasteiger charge is -2.49. The molecule has 136 valence electrons. The zero-order chi connectivity index (χ0) is 17.7. The summed E-state index contributed by atoms with van der Waals surface area (Å²) >= 11 is 0. The maximum Gasteiger partial charge on any atom is 0.257 e. The first-order valence-electron chi connectivity index (χ1n) is 8.38. The second-order valence-corrected chi connectivity index (χ2v) is 9.27. The van der Waals surface area contributed by atoms with E-state index < -0.39 is 14.6 Å². The number of amides is 1. The van der Waals surface area contributed by atoms with Gasteiger partial charge in [0, 0.05) is 26.1 Å². The van der Waals surface area contributed by atoms with Crippen LogP contribution < -0.4 is 9.47 Å². The standard InChI is InChI=1S/C17H21NO6S/c1-22-9-12-5-8-25(20,21)17(12)10-18(11-17)16(19)13-3-2-4-14-15(13)24-7-6-23-14/h2-4,12H,5-11H2,1H3/t12-/m0/s1. The molecule has 0 aliphatic carbocycles. The zero-order valence-corrected chi connectivity index (χ0v) is 14.9. The molecule has 1 spiro atoms. The van der Waals surface area contributed by atoms with Gasteiger partial charge in [0.1, 0.15) is 18.0 Å². The van der Waals surface area contributed by atoms with Crippen molar-refractivity contribution in [2.45, 2.75) is 11.2 Å². The maximum atomic E-state index is 12.9. The maximum absolute atomic E-state index is 12.9. The minimum Gasteiger partial charge on any atom is -0.486 e. The third kappa shape index (κ3) is 2.42. The molecule has 3 aliphatic heterocycles. The molecule has 1 atom stereocenters. The highest BCUT2D eigenvalue weighted by atomic mass is 32.2. The number of rotatable bonds is 3. The Morgan fingerprint density at radius 1 is 1.32 bits per heavy atom. The van der Waals surface area contributed by atoms with Crippen LogP contribution in [0.3, 0.4) is 0 Å². The van der Waals surface area contributed by atoms with Crippen LogP contribution in [0.4, 0.5) is 0 Å². The minimum absolute atomic E-state index is 0.0594. The van der Waals surface area contributed by atoms with Gasteiger partial charge in [-0.3, -0.25) is 4.79 Å². The second kappa shape index (κ2) is 5.88. The van der Waals surface area contributed by atoms with E-state index in [0.29, 0.717) is 43.3 Å². The molecule has 1 aromatic rings. The van der Waals surface area contributed by atoms with Crippen molar-refractivity contribution in [1.29, 1.82) is 0 Å². The van der Waals surface area contributed by atoms with E-state index in [1.54, 1.807) is 30.2 Å². The Balaban J connectivity index is 1.57. The van der Waals surface area contributed by atoms with Gasteiger partial charge in [-0.15, -0.1) is 0 Å². The number of carbonyl (C=O) groups is 1. The van der Waals surface area contributed by atoms with Gasteiger partial charge in [0.2, 0.25) is 0 Å². The van der Waals surface area contributed by atoms with E-state index in [1.807, 2.05) is 0 Å². The Bertz CT molecular complexity index is 799. The number of nitrogens with zero attached hydrogens (tertiary/aromatic N) is 1. The van der Waals surface area contributed by atoms with Gasteiger partial charge in [0.15, 0.2) is 21.3 Å². The Morgan fingerprint density at radius 2 is 2.08 bits per heavy atom. The molecule has 8 heteroatoms. The van der Waals surface area contributed by atoms with Crippen LogP contribution in [-0.4, -0.2) is 69.7 Å². The quantitative estimate of drug-likeness (QED) is 0.784. The number of methoxy groups -OCH3 is 1. The molecule has 3 aliphatic rings. The Kier molecular flexibility index (Phi) is 3.92. The summed E-state index contributed by atoms with van der Waals surface area (Å²) in [4.78, 5) is 14.5. The van der Waals surface area contributed by atoms with Crippen LogP contribution in [0.2, 0.25) is 0 Å². The van der Waals surface area contributed by atoms with Crippen LogP contribution in [-0.2, 0) is 14.6 Å². The van der Waals surface area contributed by atoms with E-state index >= 15 is 0 Å². The average molecular weight is 367 g/mol. The van der Waals surface area contributed by atoms with E-state index in [4.69, 9.17) is 14.2 Å². The van der Waals surface area contributed by atoms with E-state index in [2.05, 4.69) is 0 Å². The van der Waals surface area contributed by atoms with Gasteiger partial charge in [0.25, 0.3) is 5.91 Å². The number of sulfone groups is 1. The van der Waals surface area contributed by atoms with Crippen molar-refractivity contribution in [3.8, 4) is 11.5 Å². The summed E-state index contributed by atoms with van der Waals surface area (Å²) < 4.78 is 40.6. The Morgan fingerprint density at radius 3 is 2.84 bits per heavy atom. The van der Waals surface area contributed by atoms with Crippen LogP contribution in [0.25, 0.3) is 0 Å². The number of fused-ring (bicyclic) bond motifs is 1. The van der Waals surface area contributed by atoms with Crippen molar-refractivity contribution >= 4 is 15.7 Å². The van der Waals surface area contributed by atoms with Gasteiger partial charge in [-0.25, -0.2) is 8.42 Å². The Hall–Kier alpha value is -1.80. The largest absolute Gasteiger partial charge is 0.486 e. The number of carbonyl (C=O) groups excluding carboxylic acids is 1. The van der Waals surface area contributed by atoms with E-state index in [-0.39, 0.29) is 30.7 Å². The minimum atomic E-state index is -3.22. The molecule has 0 aromatic heterocycles. The summed E-state index contributed by atoms with van der Waals surface area (Å²) in [5, 5.41) is 0. The lowest BCUT2D eigenvalue weighted by molar-refractivity contribution is 0.0331. The fourth-order valence-corrected chi connectivity index (χ4v) is 6.47. The second-order valence-electron chi connectivity index (χ2n) is 6.82. The summed E-state index contributed by atoms with van der Waals surface area (Å²) in [6, 6.07) is 5.20. The molecule has 1 amide bonds. The highest BCUT2D eigenvalue weighted by molar-refractivity contribution is 7.93. The van der Waals surface area contributed by atoms with Crippen LogP contribution in [0.5, 0.6) is 11.5 Å². The highest BCUT2D eigenvalue weighted by Crippen LogP contribution is 2.46. The lowest BCUT2D eigenvalue weighted by Crippen LogP contribution is -2.68. The first-order valence-corrected chi connectivity index (χ1v) is 10.0. The van der Waals surface area contributed by atoms with E-state index in [1.165, 1.54) is 0 Å². The molecule has 4 rings (SSSR count). The SMILES string of the molecule is COC[C@@H]1CCS(=O)(=O)C12CN(C(=O)c1cccc3c1OCCO3)C2. The average Bonchev–Trinajstić information content (AvgIpc) is 2.83. The van der Waals surface area contributed by atoms with Gasteiger partial charge >= 0.3 is 0 Å². The highest BCUT2D eigenvalue weighted by Gasteiger charge is 2.62. The van der Waals surface area contributed by atoms with Gasteiger partial charge in [-0.1, -0.05) is 6.07 Å². The molecule has 3 heterocycles. The third-order valence-corrected chi connectivity index (χ3v) is 8.07. The number of hydrogen-bond acceptors (Lipinski definition) is 6. The van der Waals surface area contributed by atoms with Crippen molar-refractivity contribution in [2.24, 2.45) is 5.92 Å². The van der Waals surface area contributed by atoms with Gasteiger partial charge in [-0.2, -0.15) is 0 Å². The first-order chi connectivity index (χ1) is 12.0. The number of hydrogen-bond donors (Lipinski definition) is 0. The van der Waals surface area contributed by atoms with Crippen LogP contribution in [0, 0.1) is 5.92 Å². The summed E-state index contributed by atoms with van der Waals surface area (Å²) in [5.74, 6) is 0.892. The summed E-state index contributed by atoms with van der Waals surface area (Å²) in [6.45, 7) is 1.68. The zero-order valence-electron chi connectivity index (χ0n) is 14.1. The summed E-state index contributed by atoms with van der Waals surface area (Å²) in [6.07, 6.45) is 0.593. The molecule has 7 nitrogen and oxygen atoms in total. The molecule has 0 saturated carbocycles. The molecule has 0 N–H and O–H groups in total. The normalized spacial score (nSPS) is 25.6. The van der Waals surface area contributed by atoms with Crippen LogP contribution >= 0.6 is 0 Å². The molecular weight excluding hydrogens is 346 g/mol. The first kappa shape index (κ1) is 16.7. The van der Waals surface area contributed by atoms with Gasteiger partial charge < -0.3 is 19.1 Å². The molecule has 2 saturated heterocycles. The van der Waals surface area contributed by atoms with E-state index in [9.17, 15) is 13.2 Å². The van der Waals surface area contributed by atoms with Crippen LogP contribution in [0.1, 0.15) is 16.8 Å². The van der Waals surface area contributed by atoms with Gasteiger partial charge in [0.05, 0.1) is 17.9 Å². The monoisotopic (exact) mass is 367 g/mol. The van der Waals surface area contributed by atoms with Crippen molar-refractivity contribution in [1.82, 2.24) is 4.90 Å². The number of ether oxygens (including phenoxy) is 3. The fraction of sp³-hybridized carbons (Fsp3) is 0.588.